The second-order valence-electron chi connectivity index (χ2n) is 8.28. The van der Waals surface area contributed by atoms with Gasteiger partial charge in [0.15, 0.2) is 0 Å². The minimum Gasteiger partial charge on any atom is -0.444 e. The summed E-state index contributed by atoms with van der Waals surface area (Å²) in [4.78, 5) is 26.6. The average molecular weight is 524 g/mol. The van der Waals surface area contributed by atoms with Crippen molar-refractivity contribution in [2.75, 3.05) is 5.32 Å². The molecule has 0 saturated carbocycles. The first-order chi connectivity index (χ1) is 17.6. The van der Waals surface area contributed by atoms with Crippen LogP contribution in [0.1, 0.15) is 33.2 Å². The van der Waals surface area contributed by atoms with Gasteiger partial charge < -0.3 is 10.1 Å². The molecule has 37 heavy (non-hydrogen) atoms. The molecule has 1 atom stereocenters. The van der Waals surface area contributed by atoms with E-state index in [1.54, 1.807) is 54.6 Å². The summed E-state index contributed by atoms with van der Waals surface area (Å²) in [5.41, 5.74) is 1.30. The number of carbonyl (C=O) groups is 2. The quantitative estimate of drug-likeness (QED) is 0.262. The van der Waals surface area contributed by atoms with E-state index in [0.717, 1.165) is 23.3 Å². The first-order valence-corrected chi connectivity index (χ1v) is 11.6. The van der Waals surface area contributed by atoms with Crippen LogP contribution in [-0.2, 0) is 15.7 Å². The molecule has 4 rings (SSSR count). The van der Waals surface area contributed by atoms with Crippen molar-refractivity contribution < 1.29 is 27.5 Å². The molecule has 4 aromatic carbocycles. The van der Waals surface area contributed by atoms with E-state index in [0.29, 0.717) is 11.1 Å². The standard InChI is InChI=1S/C29H21ClF3NO3/c1-18-11-13-19(14-12-18)22-9-5-6-10-23(22)28(36)37-26(20-7-3-2-4-8-20)27(35)34-25-16-15-21(30)17-24(25)29(31,32)33/h2-17,26H,1H3,(H,34,35)/t26-/m0/s1. The smallest absolute Gasteiger partial charge is 0.418 e. The summed E-state index contributed by atoms with van der Waals surface area (Å²) in [5.74, 6) is -1.74. The Morgan fingerprint density at radius 3 is 2.19 bits per heavy atom. The SMILES string of the molecule is Cc1ccc(-c2ccccc2C(=O)O[C@H](C(=O)Nc2ccc(Cl)cc2C(F)(F)F)c2ccccc2)cc1. The van der Waals surface area contributed by atoms with Gasteiger partial charge in [-0.3, -0.25) is 4.79 Å². The molecule has 0 unspecified atom stereocenters. The topological polar surface area (TPSA) is 55.4 Å². The van der Waals surface area contributed by atoms with E-state index < -0.39 is 35.4 Å². The summed E-state index contributed by atoms with van der Waals surface area (Å²) in [6.45, 7) is 1.94. The molecule has 0 aliphatic rings. The number of amides is 1. The van der Waals surface area contributed by atoms with E-state index in [1.807, 2.05) is 31.2 Å². The van der Waals surface area contributed by atoms with Crippen molar-refractivity contribution in [2.45, 2.75) is 19.2 Å². The number of esters is 1. The number of anilines is 1. The largest absolute Gasteiger partial charge is 0.444 e. The highest BCUT2D eigenvalue weighted by molar-refractivity contribution is 6.30. The fourth-order valence-electron chi connectivity index (χ4n) is 3.78. The monoisotopic (exact) mass is 523 g/mol. The number of rotatable bonds is 6. The zero-order valence-corrected chi connectivity index (χ0v) is 20.3. The predicted octanol–water partition coefficient (Wildman–Crippen LogP) is 7.87. The van der Waals surface area contributed by atoms with Gasteiger partial charge in [-0.05, 0) is 42.3 Å². The Kier molecular flexibility index (Phi) is 7.64. The van der Waals surface area contributed by atoms with Crippen molar-refractivity contribution in [3.8, 4) is 11.1 Å². The number of carbonyl (C=O) groups excluding carboxylic acids is 2. The molecule has 4 nitrogen and oxygen atoms in total. The number of alkyl halides is 3. The van der Waals surface area contributed by atoms with Gasteiger partial charge in [-0.1, -0.05) is 90.0 Å². The summed E-state index contributed by atoms with van der Waals surface area (Å²) in [5, 5.41) is 2.12. The summed E-state index contributed by atoms with van der Waals surface area (Å²) < 4.78 is 46.3. The van der Waals surface area contributed by atoms with Crippen LogP contribution >= 0.6 is 11.6 Å². The highest BCUT2D eigenvalue weighted by Crippen LogP contribution is 2.37. The number of benzene rings is 4. The number of hydrogen-bond donors (Lipinski definition) is 1. The van der Waals surface area contributed by atoms with Crippen molar-refractivity contribution in [2.24, 2.45) is 0 Å². The van der Waals surface area contributed by atoms with Gasteiger partial charge in [-0.2, -0.15) is 13.2 Å². The molecule has 0 radical (unpaired) electrons. The normalized spacial score (nSPS) is 12.0. The summed E-state index contributed by atoms with van der Waals surface area (Å²) in [7, 11) is 0. The molecule has 0 aromatic heterocycles. The minimum absolute atomic E-state index is 0.135. The van der Waals surface area contributed by atoms with Crippen LogP contribution in [0.2, 0.25) is 5.02 Å². The number of nitrogens with one attached hydrogen (secondary N) is 1. The van der Waals surface area contributed by atoms with Crippen molar-refractivity contribution in [1.29, 1.82) is 0 Å². The van der Waals surface area contributed by atoms with Crippen molar-refractivity contribution in [3.63, 3.8) is 0 Å². The molecule has 188 valence electrons. The minimum atomic E-state index is -4.76. The molecule has 1 N–H and O–H groups in total. The fourth-order valence-corrected chi connectivity index (χ4v) is 3.95. The lowest BCUT2D eigenvalue weighted by Gasteiger charge is -2.21. The molecule has 8 heteroatoms. The Morgan fingerprint density at radius 1 is 0.865 bits per heavy atom. The molecule has 4 aromatic rings. The highest BCUT2D eigenvalue weighted by Gasteiger charge is 2.35. The van der Waals surface area contributed by atoms with Gasteiger partial charge in [0.1, 0.15) is 0 Å². The maximum Gasteiger partial charge on any atom is 0.418 e. The van der Waals surface area contributed by atoms with Crippen LogP contribution in [-0.4, -0.2) is 11.9 Å². The Hall–Kier alpha value is -4.10. The van der Waals surface area contributed by atoms with Crippen LogP contribution in [0.3, 0.4) is 0 Å². The lowest BCUT2D eigenvalue weighted by Crippen LogP contribution is -2.27. The fraction of sp³-hybridized carbons (Fsp3) is 0.103. The second kappa shape index (κ2) is 10.9. The van der Waals surface area contributed by atoms with Crippen LogP contribution in [0.4, 0.5) is 18.9 Å². The van der Waals surface area contributed by atoms with E-state index in [1.165, 1.54) is 6.07 Å². The summed E-state index contributed by atoms with van der Waals surface area (Å²) in [6, 6.07) is 25.4. The molecule has 0 bridgehead atoms. The number of hydrogen-bond acceptors (Lipinski definition) is 3. The molecule has 0 saturated heterocycles. The Bertz CT molecular complexity index is 1420. The molecule has 1 amide bonds. The summed E-state index contributed by atoms with van der Waals surface area (Å²) in [6.07, 6.45) is -6.28. The third kappa shape index (κ3) is 6.19. The van der Waals surface area contributed by atoms with E-state index in [4.69, 9.17) is 16.3 Å². The highest BCUT2D eigenvalue weighted by atomic mass is 35.5. The maximum absolute atomic E-state index is 13.6. The summed E-state index contributed by atoms with van der Waals surface area (Å²) >= 11 is 5.75. The van der Waals surface area contributed by atoms with Gasteiger partial charge in [-0.25, -0.2) is 4.79 Å². The van der Waals surface area contributed by atoms with E-state index in [-0.39, 0.29) is 10.6 Å². The first-order valence-electron chi connectivity index (χ1n) is 11.2. The van der Waals surface area contributed by atoms with Gasteiger partial charge in [0, 0.05) is 10.6 Å². The number of aryl methyl sites for hydroxylation is 1. The van der Waals surface area contributed by atoms with Crippen LogP contribution in [0, 0.1) is 6.92 Å². The molecule has 0 aliphatic carbocycles. The number of ether oxygens (including phenoxy) is 1. The first kappa shape index (κ1) is 26.0. The average Bonchev–Trinajstić information content (AvgIpc) is 2.88. The van der Waals surface area contributed by atoms with Gasteiger partial charge in [0.2, 0.25) is 6.10 Å². The van der Waals surface area contributed by atoms with Crippen molar-refractivity contribution in [1.82, 2.24) is 0 Å². The van der Waals surface area contributed by atoms with Crippen LogP contribution in [0.25, 0.3) is 11.1 Å². The molecule has 0 heterocycles. The third-order valence-electron chi connectivity index (χ3n) is 5.62. The molecule has 0 aliphatic heterocycles. The van der Waals surface area contributed by atoms with Crippen molar-refractivity contribution in [3.05, 3.63) is 124 Å². The van der Waals surface area contributed by atoms with Crippen LogP contribution in [0.5, 0.6) is 0 Å². The van der Waals surface area contributed by atoms with E-state index in [2.05, 4.69) is 5.32 Å². The zero-order valence-electron chi connectivity index (χ0n) is 19.6. The van der Waals surface area contributed by atoms with Crippen LogP contribution in [0.15, 0.2) is 97.1 Å². The lowest BCUT2D eigenvalue weighted by atomic mass is 9.99. The Labute approximate surface area is 216 Å². The zero-order chi connectivity index (χ0) is 26.6. The Morgan fingerprint density at radius 2 is 1.51 bits per heavy atom. The lowest BCUT2D eigenvalue weighted by molar-refractivity contribution is -0.137. The van der Waals surface area contributed by atoms with Gasteiger partial charge >= 0.3 is 12.1 Å². The second-order valence-corrected chi connectivity index (χ2v) is 8.72. The predicted molar refractivity (Wildman–Crippen MR) is 136 cm³/mol. The van der Waals surface area contributed by atoms with E-state index >= 15 is 0 Å². The maximum atomic E-state index is 13.6. The molecular formula is C29H21ClF3NO3. The van der Waals surface area contributed by atoms with Gasteiger partial charge in [0.05, 0.1) is 16.8 Å². The molecular weight excluding hydrogens is 503 g/mol. The van der Waals surface area contributed by atoms with Gasteiger partial charge in [0.25, 0.3) is 5.91 Å². The Balaban J connectivity index is 1.67. The van der Waals surface area contributed by atoms with Crippen LogP contribution < -0.4 is 5.32 Å². The molecule has 0 fully saturated rings. The van der Waals surface area contributed by atoms with E-state index in [9.17, 15) is 22.8 Å². The van der Waals surface area contributed by atoms with Gasteiger partial charge in [-0.15, -0.1) is 0 Å². The number of halogens is 4. The third-order valence-corrected chi connectivity index (χ3v) is 5.85. The molecule has 0 spiro atoms. The van der Waals surface area contributed by atoms with Crippen molar-refractivity contribution >= 4 is 29.2 Å².